The third-order valence-corrected chi connectivity index (χ3v) is 4.12. The van der Waals surface area contributed by atoms with Gasteiger partial charge in [0.15, 0.2) is 0 Å². The lowest BCUT2D eigenvalue weighted by molar-refractivity contribution is -0.137. The molecule has 4 aromatic rings. The molecule has 0 amide bonds. The SMILES string of the molecule is Cc1cc(Nc2nccc(-n3c(N)nc4ccccc43)n2)cc(C(F)(F)F)c1. The van der Waals surface area contributed by atoms with Gasteiger partial charge in [0.2, 0.25) is 11.9 Å². The normalized spacial score (nSPS) is 11.7. The number of anilines is 3. The fraction of sp³-hybridized carbons (Fsp3) is 0.105. The molecule has 0 aliphatic carbocycles. The molecule has 2 heterocycles. The van der Waals surface area contributed by atoms with Crippen molar-refractivity contribution in [1.82, 2.24) is 19.5 Å². The first-order valence-electron chi connectivity index (χ1n) is 8.33. The van der Waals surface area contributed by atoms with Gasteiger partial charge in [-0.2, -0.15) is 18.2 Å². The Morgan fingerprint density at radius 2 is 1.82 bits per heavy atom. The second kappa shape index (κ2) is 6.52. The van der Waals surface area contributed by atoms with E-state index < -0.39 is 11.7 Å². The predicted molar refractivity (Wildman–Crippen MR) is 101 cm³/mol. The minimum absolute atomic E-state index is 0.147. The number of halogens is 3. The summed E-state index contributed by atoms with van der Waals surface area (Å²) in [4.78, 5) is 12.8. The van der Waals surface area contributed by atoms with Gasteiger partial charge in [-0.1, -0.05) is 12.1 Å². The summed E-state index contributed by atoms with van der Waals surface area (Å²) in [5.41, 5.74) is 7.47. The third-order valence-electron chi connectivity index (χ3n) is 4.12. The van der Waals surface area contributed by atoms with Crippen LogP contribution in [0.25, 0.3) is 16.9 Å². The molecule has 0 bridgehead atoms. The molecule has 2 aromatic carbocycles. The molecule has 2 aromatic heterocycles. The van der Waals surface area contributed by atoms with Crippen molar-refractivity contribution >= 4 is 28.6 Å². The molecule has 0 aliphatic heterocycles. The molecule has 0 unspecified atom stereocenters. The number of nitrogens with two attached hydrogens (primary N) is 1. The number of fused-ring (bicyclic) bond motifs is 1. The van der Waals surface area contributed by atoms with E-state index in [1.54, 1.807) is 23.6 Å². The van der Waals surface area contributed by atoms with Gasteiger partial charge in [-0.05, 0) is 42.8 Å². The Morgan fingerprint density at radius 1 is 1.04 bits per heavy atom. The molecule has 142 valence electrons. The van der Waals surface area contributed by atoms with E-state index in [4.69, 9.17) is 5.73 Å². The maximum absolute atomic E-state index is 13.0. The van der Waals surface area contributed by atoms with Gasteiger partial charge < -0.3 is 11.1 Å². The number of imidazole rings is 1. The molecule has 0 saturated carbocycles. The highest BCUT2D eigenvalue weighted by atomic mass is 19.4. The molecule has 0 saturated heterocycles. The van der Waals surface area contributed by atoms with Crippen molar-refractivity contribution < 1.29 is 13.2 Å². The lowest BCUT2D eigenvalue weighted by Gasteiger charge is -2.12. The van der Waals surface area contributed by atoms with Crippen LogP contribution in [0.5, 0.6) is 0 Å². The van der Waals surface area contributed by atoms with Gasteiger partial charge in [0, 0.05) is 18.0 Å². The third kappa shape index (κ3) is 3.34. The summed E-state index contributed by atoms with van der Waals surface area (Å²) in [6.45, 7) is 1.59. The summed E-state index contributed by atoms with van der Waals surface area (Å²) < 4.78 is 40.8. The zero-order chi connectivity index (χ0) is 19.9. The van der Waals surface area contributed by atoms with E-state index in [1.165, 1.54) is 6.20 Å². The number of nitrogen functional groups attached to an aromatic ring is 1. The van der Waals surface area contributed by atoms with Gasteiger partial charge in [-0.25, -0.2) is 9.97 Å². The number of rotatable bonds is 3. The quantitative estimate of drug-likeness (QED) is 0.545. The Morgan fingerprint density at radius 3 is 2.61 bits per heavy atom. The molecule has 28 heavy (non-hydrogen) atoms. The number of aryl methyl sites for hydroxylation is 1. The molecular formula is C19H15F3N6. The van der Waals surface area contributed by atoms with Gasteiger partial charge in [-0.15, -0.1) is 0 Å². The molecule has 4 rings (SSSR count). The first-order valence-corrected chi connectivity index (χ1v) is 8.33. The van der Waals surface area contributed by atoms with E-state index in [0.717, 1.165) is 17.6 Å². The molecule has 0 aliphatic rings. The number of hydrogen-bond acceptors (Lipinski definition) is 5. The fourth-order valence-electron chi connectivity index (χ4n) is 2.97. The Hall–Kier alpha value is -3.62. The predicted octanol–water partition coefficient (Wildman–Crippen LogP) is 4.47. The van der Waals surface area contributed by atoms with E-state index in [1.807, 2.05) is 24.3 Å². The number of benzene rings is 2. The van der Waals surface area contributed by atoms with Crippen LogP contribution >= 0.6 is 0 Å². The molecular weight excluding hydrogens is 369 g/mol. The molecule has 0 fully saturated rings. The van der Waals surface area contributed by atoms with Gasteiger partial charge in [0.1, 0.15) is 5.82 Å². The topological polar surface area (TPSA) is 81.7 Å². The first kappa shape index (κ1) is 17.8. The Bertz CT molecular complexity index is 1170. The van der Waals surface area contributed by atoms with Crippen LogP contribution in [0, 0.1) is 6.92 Å². The van der Waals surface area contributed by atoms with Gasteiger partial charge in [0.05, 0.1) is 16.6 Å². The van der Waals surface area contributed by atoms with Gasteiger partial charge in [0.25, 0.3) is 0 Å². The number of aromatic nitrogens is 4. The molecule has 9 heteroatoms. The smallest absolute Gasteiger partial charge is 0.369 e. The minimum atomic E-state index is -4.44. The maximum Gasteiger partial charge on any atom is 0.416 e. The highest BCUT2D eigenvalue weighted by Crippen LogP contribution is 2.32. The van der Waals surface area contributed by atoms with Gasteiger partial charge >= 0.3 is 6.18 Å². The van der Waals surface area contributed by atoms with E-state index in [-0.39, 0.29) is 17.6 Å². The molecule has 0 atom stereocenters. The number of hydrogen-bond donors (Lipinski definition) is 2. The van der Waals surface area contributed by atoms with Crippen LogP contribution in [0.2, 0.25) is 0 Å². The van der Waals surface area contributed by atoms with Crippen LogP contribution in [-0.2, 0) is 6.18 Å². The van der Waals surface area contributed by atoms with Crippen molar-refractivity contribution in [3.8, 4) is 5.82 Å². The van der Waals surface area contributed by atoms with E-state index in [0.29, 0.717) is 16.9 Å². The number of alkyl halides is 3. The summed E-state index contributed by atoms with van der Waals surface area (Å²) in [6.07, 6.45) is -2.94. The zero-order valence-electron chi connectivity index (χ0n) is 14.7. The second-order valence-corrected chi connectivity index (χ2v) is 6.24. The molecule has 6 nitrogen and oxygen atoms in total. The van der Waals surface area contributed by atoms with E-state index in [2.05, 4.69) is 20.3 Å². The number of para-hydroxylation sites is 2. The molecule has 3 N–H and O–H groups in total. The summed E-state index contributed by atoms with van der Waals surface area (Å²) >= 11 is 0. The van der Waals surface area contributed by atoms with Crippen molar-refractivity contribution in [3.63, 3.8) is 0 Å². The van der Waals surface area contributed by atoms with Crippen molar-refractivity contribution in [3.05, 3.63) is 65.9 Å². The van der Waals surface area contributed by atoms with Crippen LogP contribution in [0.15, 0.2) is 54.7 Å². The van der Waals surface area contributed by atoms with Crippen molar-refractivity contribution in [2.45, 2.75) is 13.1 Å². The highest BCUT2D eigenvalue weighted by Gasteiger charge is 2.31. The Labute approximate surface area is 157 Å². The van der Waals surface area contributed by atoms with Crippen molar-refractivity contribution in [2.24, 2.45) is 0 Å². The number of nitrogens with one attached hydrogen (secondary N) is 1. The molecule has 0 radical (unpaired) electrons. The fourth-order valence-corrected chi connectivity index (χ4v) is 2.97. The summed E-state index contributed by atoms with van der Waals surface area (Å²) in [7, 11) is 0. The van der Waals surface area contributed by atoms with Crippen molar-refractivity contribution in [2.75, 3.05) is 11.1 Å². The lowest BCUT2D eigenvalue weighted by Crippen LogP contribution is -2.08. The van der Waals surface area contributed by atoms with Crippen LogP contribution in [0.3, 0.4) is 0 Å². The van der Waals surface area contributed by atoms with E-state index in [9.17, 15) is 13.2 Å². The van der Waals surface area contributed by atoms with Crippen LogP contribution in [0.1, 0.15) is 11.1 Å². The first-order chi connectivity index (χ1) is 13.3. The van der Waals surface area contributed by atoms with Gasteiger partial charge in [-0.3, -0.25) is 4.57 Å². The van der Waals surface area contributed by atoms with Crippen LogP contribution in [0.4, 0.5) is 30.8 Å². The summed E-state index contributed by atoms with van der Waals surface area (Å²) in [6, 6.07) is 12.7. The van der Waals surface area contributed by atoms with E-state index >= 15 is 0 Å². The average molecular weight is 384 g/mol. The Balaban J connectivity index is 1.72. The van der Waals surface area contributed by atoms with Crippen LogP contribution < -0.4 is 11.1 Å². The Kier molecular flexibility index (Phi) is 4.14. The monoisotopic (exact) mass is 384 g/mol. The second-order valence-electron chi connectivity index (χ2n) is 6.24. The summed E-state index contributed by atoms with van der Waals surface area (Å²) in [5, 5.41) is 2.83. The van der Waals surface area contributed by atoms with Crippen LogP contribution in [-0.4, -0.2) is 19.5 Å². The highest BCUT2D eigenvalue weighted by molar-refractivity contribution is 5.80. The number of nitrogens with zero attached hydrogens (tertiary/aromatic N) is 4. The molecule has 0 spiro atoms. The largest absolute Gasteiger partial charge is 0.416 e. The summed E-state index contributed by atoms with van der Waals surface area (Å²) in [5.74, 6) is 0.849. The standard InChI is InChI=1S/C19H15F3N6/c1-11-8-12(19(20,21)22)10-13(9-11)25-18-24-7-6-16(27-18)28-15-5-3-2-4-14(15)26-17(28)23/h2-10H,1H3,(H2,23,26)(H,24,25,27). The van der Waals surface area contributed by atoms with Crippen molar-refractivity contribution in [1.29, 1.82) is 0 Å². The average Bonchev–Trinajstić information content (AvgIpc) is 2.96. The lowest BCUT2D eigenvalue weighted by atomic mass is 10.1. The minimum Gasteiger partial charge on any atom is -0.369 e. The maximum atomic E-state index is 13.0. The zero-order valence-corrected chi connectivity index (χ0v) is 14.7.